The molecule has 0 bridgehead atoms. The van der Waals surface area contributed by atoms with E-state index in [2.05, 4.69) is 26.7 Å². The number of nitrogens with zero attached hydrogens (tertiary/aromatic N) is 3. The fourth-order valence-electron chi connectivity index (χ4n) is 3.93. The lowest BCUT2D eigenvalue weighted by molar-refractivity contribution is -0.145. The van der Waals surface area contributed by atoms with Crippen molar-refractivity contribution in [2.24, 2.45) is 0 Å². The average Bonchev–Trinajstić information content (AvgIpc) is 3.39. The molecular formula is C27H29N5O4. The molecule has 36 heavy (non-hydrogen) atoms. The molecule has 0 saturated heterocycles. The van der Waals surface area contributed by atoms with Crippen molar-refractivity contribution in [2.75, 3.05) is 10.6 Å². The molecule has 3 aromatic rings. The van der Waals surface area contributed by atoms with Gasteiger partial charge in [-0.1, -0.05) is 25.0 Å². The number of carboxylic acids is 1. The van der Waals surface area contributed by atoms with Crippen LogP contribution in [-0.2, 0) is 16.8 Å². The molecule has 1 saturated carbocycles. The highest BCUT2D eigenvalue weighted by Gasteiger charge is 2.35. The minimum absolute atomic E-state index is 0.232. The number of aliphatic carboxylic acids is 1. The van der Waals surface area contributed by atoms with Gasteiger partial charge in [0.2, 0.25) is 0 Å². The third-order valence-corrected chi connectivity index (χ3v) is 5.99. The molecule has 4 N–H and O–H groups in total. The summed E-state index contributed by atoms with van der Waals surface area (Å²) in [4.78, 5) is 30.6. The molecule has 9 nitrogen and oxygen atoms in total. The zero-order valence-corrected chi connectivity index (χ0v) is 20.0. The third kappa shape index (κ3) is 6.87. The number of carbonyl (C=O) groups is 2. The van der Waals surface area contributed by atoms with Crippen molar-refractivity contribution in [1.82, 2.24) is 9.97 Å². The molecule has 1 aliphatic rings. The van der Waals surface area contributed by atoms with Crippen LogP contribution in [0.1, 0.15) is 54.1 Å². The van der Waals surface area contributed by atoms with Gasteiger partial charge in [-0.2, -0.15) is 5.26 Å². The summed E-state index contributed by atoms with van der Waals surface area (Å²) < 4.78 is 0. The van der Waals surface area contributed by atoms with Gasteiger partial charge in [0.05, 0.1) is 17.0 Å². The second kappa shape index (κ2) is 12.4. The van der Waals surface area contributed by atoms with E-state index in [-0.39, 0.29) is 11.3 Å². The van der Waals surface area contributed by atoms with E-state index in [0.29, 0.717) is 23.6 Å². The molecular weight excluding hydrogens is 458 g/mol. The van der Waals surface area contributed by atoms with Gasteiger partial charge in [-0.25, -0.2) is 9.78 Å². The Morgan fingerprint density at radius 1 is 1.08 bits per heavy atom. The van der Waals surface area contributed by atoms with Crippen LogP contribution in [0, 0.1) is 11.3 Å². The Morgan fingerprint density at radius 2 is 1.72 bits per heavy atom. The minimum atomic E-state index is -1.23. The van der Waals surface area contributed by atoms with Crippen LogP contribution in [0.3, 0.4) is 0 Å². The van der Waals surface area contributed by atoms with Crippen molar-refractivity contribution >= 4 is 23.4 Å². The van der Waals surface area contributed by atoms with Crippen molar-refractivity contribution in [3.05, 3.63) is 83.8 Å². The van der Waals surface area contributed by atoms with E-state index in [9.17, 15) is 14.9 Å². The van der Waals surface area contributed by atoms with E-state index in [1.807, 2.05) is 36.4 Å². The molecule has 9 heteroatoms. The van der Waals surface area contributed by atoms with Crippen molar-refractivity contribution < 1.29 is 19.8 Å². The Bertz CT molecular complexity index is 1200. The predicted octanol–water partition coefficient (Wildman–Crippen LogP) is 4.13. The molecule has 1 unspecified atom stereocenters. The van der Waals surface area contributed by atoms with Gasteiger partial charge in [0.15, 0.2) is 0 Å². The monoisotopic (exact) mass is 487 g/mol. The van der Waals surface area contributed by atoms with E-state index >= 15 is 0 Å². The Balaban J connectivity index is 0.000000538. The largest absolute Gasteiger partial charge is 0.479 e. The zero-order chi connectivity index (χ0) is 26.0. The number of hydrogen-bond donors (Lipinski definition) is 4. The fraction of sp³-hybridized carbons (Fsp3) is 0.296. The van der Waals surface area contributed by atoms with Crippen molar-refractivity contribution in [2.45, 2.75) is 50.7 Å². The van der Waals surface area contributed by atoms with Crippen LogP contribution in [0.4, 0.5) is 11.5 Å². The number of anilines is 2. The Hall–Kier alpha value is -4.29. The first-order chi connectivity index (χ1) is 17.3. The number of pyridine rings is 2. The van der Waals surface area contributed by atoms with Gasteiger partial charge in [0.1, 0.15) is 11.9 Å². The van der Waals surface area contributed by atoms with Gasteiger partial charge in [-0.05, 0) is 67.3 Å². The van der Waals surface area contributed by atoms with Gasteiger partial charge in [0.25, 0.3) is 5.91 Å². The lowest BCUT2D eigenvalue weighted by Crippen LogP contribution is -2.19. The van der Waals surface area contributed by atoms with Crippen LogP contribution in [0.2, 0.25) is 0 Å². The van der Waals surface area contributed by atoms with Gasteiger partial charge in [-0.15, -0.1) is 0 Å². The number of aromatic nitrogens is 2. The fourth-order valence-corrected chi connectivity index (χ4v) is 3.93. The highest BCUT2D eigenvalue weighted by Crippen LogP contribution is 2.40. The molecule has 186 valence electrons. The smallest absolute Gasteiger partial charge is 0.332 e. The zero-order valence-electron chi connectivity index (χ0n) is 20.0. The number of nitriles is 1. The SMILES string of the molecule is CC(O)C(=O)O.N#CC1(c2ccc(NC(=O)c3cccnc3NCc3ccncc3)cc2)CCCC1. The van der Waals surface area contributed by atoms with Gasteiger partial charge in [-0.3, -0.25) is 9.78 Å². The van der Waals surface area contributed by atoms with Crippen LogP contribution in [0.25, 0.3) is 0 Å². The summed E-state index contributed by atoms with van der Waals surface area (Å²) in [5.41, 5.74) is 2.87. The predicted molar refractivity (Wildman–Crippen MR) is 135 cm³/mol. The van der Waals surface area contributed by atoms with Crippen LogP contribution in [-0.4, -0.2) is 38.2 Å². The summed E-state index contributed by atoms with van der Waals surface area (Å²) in [6.07, 6.45) is 7.86. The molecule has 1 fully saturated rings. The first kappa shape index (κ1) is 26.3. The van der Waals surface area contributed by atoms with Crippen LogP contribution < -0.4 is 10.6 Å². The summed E-state index contributed by atoms with van der Waals surface area (Å²) >= 11 is 0. The second-order valence-electron chi connectivity index (χ2n) is 8.56. The van der Waals surface area contributed by atoms with Crippen molar-refractivity contribution in [1.29, 1.82) is 5.26 Å². The van der Waals surface area contributed by atoms with Crippen molar-refractivity contribution in [3.8, 4) is 6.07 Å². The maximum absolute atomic E-state index is 12.9. The molecule has 1 aromatic carbocycles. The summed E-state index contributed by atoms with van der Waals surface area (Å²) in [5.74, 6) is -0.892. The molecule has 2 aromatic heterocycles. The van der Waals surface area contributed by atoms with Crippen LogP contribution >= 0.6 is 0 Å². The van der Waals surface area contributed by atoms with Gasteiger partial charge < -0.3 is 20.8 Å². The number of amides is 1. The Labute approximate surface area is 209 Å². The first-order valence-corrected chi connectivity index (χ1v) is 11.7. The number of aliphatic hydroxyl groups is 1. The lowest BCUT2D eigenvalue weighted by atomic mass is 9.80. The van der Waals surface area contributed by atoms with E-state index in [1.54, 1.807) is 30.7 Å². The number of nitrogens with one attached hydrogen (secondary N) is 2. The Kier molecular flexibility index (Phi) is 9.08. The maximum atomic E-state index is 12.9. The molecule has 2 heterocycles. The van der Waals surface area contributed by atoms with Gasteiger partial charge in [0, 0.05) is 30.8 Å². The van der Waals surface area contributed by atoms with E-state index < -0.39 is 12.1 Å². The number of rotatable bonds is 7. The molecule has 1 amide bonds. The van der Waals surface area contributed by atoms with E-state index in [1.165, 1.54) is 6.92 Å². The van der Waals surface area contributed by atoms with Crippen LogP contribution in [0.15, 0.2) is 67.1 Å². The number of carboxylic acid groups (broad SMARTS) is 1. The normalized spacial score (nSPS) is 14.5. The molecule has 1 aliphatic carbocycles. The van der Waals surface area contributed by atoms with Crippen LogP contribution in [0.5, 0.6) is 0 Å². The third-order valence-electron chi connectivity index (χ3n) is 5.99. The molecule has 0 spiro atoms. The standard InChI is InChI=1S/C24H23N5O.C3H6O3/c25-17-24(11-1-2-12-24)19-5-7-20(8-6-19)29-23(30)21-4-3-13-27-22(21)28-16-18-9-14-26-15-10-18;1-2(4)3(5)6/h3-10,13-15H,1-2,11-12,16H2,(H,27,28)(H,29,30);2,4H,1H3,(H,5,6). The first-order valence-electron chi connectivity index (χ1n) is 11.7. The molecule has 4 rings (SSSR count). The molecule has 0 aliphatic heterocycles. The summed E-state index contributed by atoms with van der Waals surface area (Å²) in [6, 6.07) is 17.5. The molecule has 1 atom stereocenters. The number of carbonyl (C=O) groups excluding carboxylic acids is 1. The van der Waals surface area contributed by atoms with E-state index in [4.69, 9.17) is 10.2 Å². The minimum Gasteiger partial charge on any atom is -0.479 e. The number of aliphatic hydroxyl groups excluding tert-OH is 1. The topological polar surface area (TPSA) is 148 Å². The van der Waals surface area contributed by atoms with Crippen molar-refractivity contribution in [3.63, 3.8) is 0 Å². The lowest BCUT2D eigenvalue weighted by Gasteiger charge is -2.21. The highest BCUT2D eigenvalue weighted by molar-refractivity contribution is 6.07. The quantitative estimate of drug-likeness (QED) is 0.389. The maximum Gasteiger partial charge on any atom is 0.332 e. The average molecular weight is 488 g/mol. The Morgan fingerprint density at radius 3 is 2.31 bits per heavy atom. The number of hydrogen-bond acceptors (Lipinski definition) is 7. The van der Waals surface area contributed by atoms with E-state index in [0.717, 1.165) is 36.8 Å². The number of benzene rings is 1. The summed E-state index contributed by atoms with van der Waals surface area (Å²) in [7, 11) is 0. The van der Waals surface area contributed by atoms with Gasteiger partial charge >= 0.3 is 5.97 Å². The summed E-state index contributed by atoms with van der Waals surface area (Å²) in [5, 5.41) is 31.6. The second-order valence-corrected chi connectivity index (χ2v) is 8.56. The molecule has 0 radical (unpaired) electrons. The summed E-state index contributed by atoms with van der Waals surface area (Å²) in [6.45, 7) is 1.74. The highest BCUT2D eigenvalue weighted by atomic mass is 16.4.